The van der Waals surface area contributed by atoms with Gasteiger partial charge in [0.05, 0.1) is 0 Å². The molecule has 2 atom stereocenters. The fraction of sp³-hybridized carbons (Fsp3) is 0.615. The van der Waals surface area contributed by atoms with Crippen molar-refractivity contribution in [2.45, 2.75) is 40.7 Å². The van der Waals surface area contributed by atoms with Crippen molar-refractivity contribution in [2.24, 2.45) is 11.8 Å². The third-order valence-electron chi connectivity index (χ3n) is 2.70. The molecule has 0 fully saturated rings. The smallest absolute Gasteiger partial charge is 0.330 e. The van der Waals surface area contributed by atoms with E-state index in [9.17, 15) is 4.79 Å². The second-order valence-electron chi connectivity index (χ2n) is 4.19. The molecule has 0 radical (unpaired) electrons. The number of carbonyl (C=O) groups is 1. The van der Waals surface area contributed by atoms with Gasteiger partial charge in [0.25, 0.3) is 0 Å². The summed E-state index contributed by atoms with van der Waals surface area (Å²) in [7, 11) is 0. The van der Waals surface area contributed by atoms with Gasteiger partial charge in [-0.3, -0.25) is 0 Å². The zero-order valence-electron chi connectivity index (χ0n) is 10.4. The van der Waals surface area contributed by atoms with Crippen LogP contribution in [0.2, 0.25) is 0 Å². The molecule has 0 aliphatic heterocycles. The third kappa shape index (κ3) is 4.82. The van der Waals surface area contributed by atoms with Gasteiger partial charge in [-0.05, 0) is 31.3 Å². The van der Waals surface area contributed by atoms with E-state index in [4.69, 9.17) is 4.74 Å². The molecular weight excluding hydrogens is 188 g/mol. The lowest BCUT2D eigenvalue weighted by Crippen LogP contribution is -2.21. The minimum atomic E-state index is -0.304. The molecule has 2 unspecified atom stereocenters. The Morgan fingerprint density at radius 3 is 2.20 bits per heavy atom. The van der Waals surface area contributed by atoms with E-state index in [2.05, 4.69) is 27.4 Å². The van der Waals surface area contributed by atoms with E-state index >= 15 is 0 Å². The maximum Gasteiger partial charge on any atom is 0.330 e. The molecule has 0 aliphatic rings. The van der Waals surface area contributed by atoms with Crippen LogP contribution >= 0.6 is 0 Å². The van der Waals surface area contributed by atoms with Crippen LogP contribution in [0.25, 0.3) is 0 Å². The molecule has 0 saturated heterocycles. The van der Waals surface area contributed by atoms with Gasteiger partial charge < -0.3 is 4.74 Å². The number of hydrogen-bond donors (Lipinski definition) is 0. The Morgan fingerprint density at radius 2 is 1.80 bits per heavy atom. The second kappa shape index (κ2) is 6.44. The first kappa shape index (κ1) is 13.9. The maximum absolute atomic E-state index is 11.2. The summed E-state index contributed by atoms with van der Waals surface area (Å²) < 4.78 is 5.20. The minimum Gasteiger partial charge on any atom is -0.455 e. The summed E-state index contributed by atoms with van der Waals surface area (Å²) in [6.45, 7) is 14.0. The van der Waals surface area contributed by atoms with Crippen molar-refractivity contribution in [3.8, 4) is 0 Å². The van der Waals surface area contributed by atoms with Crippen LogP contribution in [0.3, 0.4) is 0 Å². The largest absolute Gasteiger partial charge is 0.455 e. The molecule has 0 N–H and O–H groups in total. The predicted molar refractivity (Wildman–Crippen MR) is 63.5 cm³/mol. The molecule has 0 amide bonds. The molecule has 0 spiro atoms. The molecule has 0 aliphatic carbocycles. The first-order valence-electron chi connectivity index (χ1n) is 5.42. The van der Waals surface area contributed by atoms with Crippen molar-refractivity contribution in [3.05, 3.63) is 24.3 Å². The third-order valence-corrected chi connectivity index (χ3v) is 2.70. The summed E-state index contributed by atoms with van der Waals surface area (Å²) in [5, 5.41) is 0. The molecule has 0 rings (SSSR count). The van der Waals surface area contributed by atoms with E-state index in [-0.39, 0.29) is 12.1 Å². The summed E-state index contributed by atoms with van der Waals surface area (Å²) in [5.74, 6) is 0.570. The second-order valence-corrected chi connectivity index (χ2v) is 4.19. The van der Waals surface area contributed by atoms with Gasteiger partial charge in [0.1, 0.15) is 6.10 Å². The Kier molecular flexibility index (Phi) is 5.99. The Balaban J connectivity index is 4.27. The number of esters is 1. The fourth-order valence-corrected chi connectivity index (χ4v) is 1.22. The summed E-state index contributed by atoms with van der Waals surface area (Å²) in [6, 6.07) is 0. The van der Waals surface area contributed by atoms with Crippen LogP contribution in [0.15, 0.2) is 24.3 Å². The zero-order chi connectivity index (χ0) is 12.0. The first-order valence-corrected chi connectivity index (χ1v) is 5.42. The lowest BCUT2D eigenvalue weighted by Gasteiger charge is -2.23. The van der Waals surface area contributed by atoms with Crippen molar-refractivity contribution < 1.29 is 9.53 Å². The lowest BCUT2D eigenvalue weighted by molar-refractivity contribution is -0.140. The summed E-state index contributed by atoms with van der Waals surface area (Å²) in [6.07, 6.45) is 2.87. The van der Waals surface area contributed by atoms with Crippen LogP contribution in [0.1, 0.15) is 34.6 Å². The highest BCUT2D eigenvalue weighted by Gasteiger charge is 2.18. The van der Waals surface area contributed by atoms with E-state index in [1.807, 2.05) is 6.92 Å². The summed E-state index contributed by atoms with van der Waals surface area (Å²) >= 11 is 0. The van der Waals surface area contributed by atoms with Gasteiger partial charge >= 0.3 is 5.97 Å². The van der Waals surface area contributed by atoms with Crippen LogP contribution in [-0.4, -0.2) is 12.1 Å². The van der Waals surface area contributed by atoms with Crippen LogP contribution < -0.4 is 0 Å². The van der Waals surface area contributed by atoms with E-state index in [0.29, 0.717) is 11.8 Å². The minimum absolute atomic E-state index is 0.217. The number of carbonyl (C=O) groups excluding carboxylic acids is 1. The standard InChI is InChI=1S/C13H22O2/c1-7-8-13(14)15-12(6)11(5)10(4)9(2)3/h7-10,12H,5H2,1-4,6H3. The highest BCUT2D eigenvalue weighted by molar-refractivity contribution is 5.82. The summed E-state index contributed by atoms with van der Waals surface area (Å²) in [4.78, 5) is 11.2. The van der Waals surface area contributed by atoms with Crippen LogP contribution in [0.5, 0.6) is 0 Å². The Hall–Kier alpha value is -1.05. The van der Waals surface area contributed by atoms with Crippen molar-refractivity contribution in [3.63, 3.8) is 0 Å². The quantitative estimate of drug-likeness (QED) is 0.395. The van der Waals surface area contributed by atoms with Crippen molar-refractivity contribution in [2.75, 3.05) is 0 Å². The van der Waals surface area contributed by atoms with Gasteiger partial charge in [-0.15, -0.1) is 0 Å². The van der Waals surface area contributed by atoms with Gasteiger partial charge in [0.2, 0.25) is 0 Å². The highest BCUT2D eigenvalue weighted by Crippen LogP contribution is 2.22. The van der Waals surface area contributed by atoms with Crippen LogP contribution in [0, 0.1) is 11.8 Å². The van der Waals surface area contributed by atoms with E-state index in [1.54, 1.807) is 13.0 Å². The molecule has 0 aromatic heterocycles. The maximum atomic E-state index is 11.2. The van der Waals surface area contributed by atoms with E-state index in [1.165, 1.54) is 6.08 Å². The molecule has 0 bridgehead atoms. The van der Waals surface area contributed by atoms with Gasteiger partial charge in [-0.25, -0.2) is 4.79 Å². The van der Waals surface area contributed by atoms with Crippen molar-refractivity contribution in [1.29, 1.82) is 0 Å². The van der Waals surface area contributed by atoms with Gasteiger partial charge in [0, 0.05) is 6.08 Å². The highest BCUT2D eigenvalue weighted by atomic mass is 16.5. The van der Waals surface area contributed by atoms with Crippen molar-refractivity contribution >= 4 is 5.97 Å². The van der Waals surface area contributed by atoms with E-state index < -0.39 is 0 Å². The number of hydrogen-bond acceptors (Lipinski definition) is 2. The monoisotopic (exact) mass is 210 g/mol. The average molecular weight is 210 g/mol. The van der Waals surface area contributed by atoms with Crippen LogP contribution in [0.4, 0.5) is 0 Å². The topological polar surface area (TPSA) is 26.3 Å². The van der Waals surface area contributed by atoms with Gasteiger partial charge in [0.15, 0.2) is 0 Å². The molecule has 0 saturated carbocycles. The molecule has 0 aromatic rings. The van der Waals surface area contributed by atoms with Crippen molar-refractivity contribution in [1.82, 2.24) is 0 Å². The molecule has 86 valence electrons. The summed E-state index contributed by atoms with van der Waals surface area (Å²) in [5.41, 5.74) is 0.975. The molecule has 15 heavy (non-hydrogen) atoms. The van der Waals surface area contributed by atoms with Crippen LogP contribution in [-0.2, 0) is 9.53 Å². The number of allylic oxidation sites excluding steroid dienone is 1. The number of ether oxygens (including phenoxy) is 1. The average Bonchev–Trinajstić information content (AvgIpc) is 2.15. The Labute approximate surface area is 93.0 Å². The fourth-order valence-electron chi connectivity index (χ4n) is 1.22. The molecule has 2 nitrogen and oxygen atoms in total. The Morgan fingerprint density at radius 1 is 1.27 bits per heavy atom. The number of rotatable bonds is 5. The predicted octanol–water partition coefficient (Wildman–Crippen LogP) is 3.34. The Bertz CT molecular complexity index is 251. The zero-order valence-corrected chi connectivity index (χ0v) is 10.4. The molecule has 0 aromatic carbocycles. The lowest BCUT2D eigenvalue weighted by atomic mass is 9.88. The first-order chi connectivity index (χ1) is 6.90. The molecule has 2 heteroatoms. The molecule has 0 heterocycles. The van der Waals surface area contributed by atoms with Gasteiger partial charge in [-0.1, -0.05) is 33.4 Å². The van der Waals surface area contributed by atoms with Gasteiger partial charge in [-0.2, -0.15) is 0 Å². The van der Waals surface area contributed by atoms with E-state index in [0.717, 1.165) is 5.57 Å². The SMILES string of the molecule is C=C(C(C)OC(=O)C=CC)C(C)C(C)C. The molecular formula is C13H22O2. The normalized spacial score (nSPS) is 15.3.